The van der Waals surface area contributed by atoms with E-state index in [0.717, 1.165) is 11.4 Å². The van der Waals surface area contributed by atoms with E-state index in [1.165, 1.54) is 0 Å². The molecule has 19 heavy (non-hydrogen) atoms. The molecule has 6 heteroatoms. The number of aliphatic hydroxyl groups excluding tert-OH is 2. The molecular formula is C13H14Cl2N2O2. The van der Waals surface area contributed by atoms with Gasteiger partial charge in [0.2, 0.25) is 0 Å². The molecule has 0 fully saturated rings. The fraction of sp³-hybridized carbons (Fsp3) is 0.308. The summed E-state index contributed by atoms with van der Waals surface area (Å²) in [6, 6.07) is 5.33. The van der Waals surface area contributed by atoms with Crippen molar-refractivity contribution < 1.29 is 10.2 Å². The summed E-state index contributed by atoms with van der Waals surface area (Å²) >= 11 is 11.9. The SMILES string of the molecule is OCC(O)Cn1ccnc1Cc1cc(Cl)cc(Cl)c1. The first kappa shape index (κ1) is 14.3. The third-order valence-electron chi connectivity index (χ3n) is 2.70. The Hall–Kier alpha value is -1.07. The second kappa shape index (κ2) is 6.39. The molecule has 0 radical (unpaired) electrons. The first-order chi connectivity index (χ1) is 9.08. The van der Waals surface area contributed by atoms with E-state index in [9.17, 15) is 5.11 Å². The van der Waals surface area contributed by atoms with Gasteiger partial charge in [-0.2, -0.15) is 0 Å². The lowest BCUT2D eigenvalue weighted by atomic mass is 10.1. The van der Waals surface area contributed by atoms with E-state index in [-0.39, 0.29) is 6.61 Å². The molecule has 4 nitrogen and oxygen atoms in total. The maximum absolute atomic E-state index is 9.47. The van der Waals surface area contributed by atoms with Crippen LogP contribution in [0.3, 0.4) is 0 Å². The Balaban J connectivity index is 2.17. The van der Waals surface area contributed by atoms with Crippen molar-refractivity contribution in [3.8, 4) is 0 Å². The fourth-order valence-electron chi connectivity index (χ4n) is 1.85. The Labute approximate surface area is 121 Å². The van der Waals surface area contributed by atoms with E-state index in [2.05, 4.69) is 4.98 Å². The van der Waals surface area contributed by atoms with Gasteiger partial charge < -0.3 is 14.8 Å². The van der Waals surface area contributed by atoms with Crippen molar-refractivity contribution in [1.82, 2.24) is 9.55 Å². The first-order valence-electron chi connectivity index (χ1n) is 5.82. The lowest BCUT2D eigenvalue weighted by Gasteiger charge is -2.11. The molecule has 2 aromatic rings. The van der Waals surface area contributed by atoms with Gasteiger partial charge in [-0.15, -0.1) is 0 Å². The molecule has 0 saturated carbocycles. The topological polar surface area (TPSA) is 58.3 Å². The lowest BCUT2D eigenvalue weighted by molar-refractivity contribution is 0.0806. The molecular weight excluding hydrogens is 287 g/mol. The second-order valence-corrected chi connectivity index (χ2v) is 5.16. The zero-order chi connectivity index (χ0) is 13.8. The van der Waals surface area contributed by atoms with Crippen LogP contribution in [0.2, 0.25) is 10.0 Å². The van der Waals surface area contributed by atoms with Gasteiger partial charge in [0.05, 0.1) is 19.3 Å². The molecule has 1 heterocycles. The summed E-state index contributed by atoms with van der Waals surface area (Å²) in [6.07, 6.45) is 3.19. The van der Waals surface area contributed by atoms with Gasteiger partial charge in [0.1, 0.15) is 5.82 Å². The Morgan fingerprint density at radius 1 is 1.21 bits per heavy atom. The van der Waals surface area contributed by atoms with Gasteiger partial charge in [0, 0.05) is 28.9 Å². The molecule has 1 aromatic heterocycles. The molecule has 0 amide bonds. The van der Waals surface area contributed by atoms with Crippen LogP contribution in [0.1, 0.15) is 11.4 Å². The van der Waals surface area contributed by atoms with E-state index < -0.39 is 6.10 Å². The van der Waals surface area contributed by atoms with Crippen molar-refractivity contribution in [2.75, 3.05) is 6.61 Å². The molecule has 1 atom stereocenters. The van der Waals surface area contributed by atoms with Crippen LogP contribution in [0.25, 0.3) is 0 Å². The predicted octanol–water partition coefficient (Wildman–Crippen LogP) is 2.13. The van der Waals surface area contributed by atoms with Crippen molar-refractivity contribution in [3.63, 3.8) is 0 Å². The molecule has 1 unspecified atom stereocenters. The second-order valence-electron chi connectivity index (χ2n) is 4.29. The molecule has 2 N–H and O–H groups in total. The average molecular weight is 301 g/mol. The van der Waals surface area contributed by atoms with Crippen LogP contribution in [0, 0.1) is 0 Å². The van der Waals surface area contributed by atoms with Crippen LogP contribution in [0.15, 0.2) is 30.6 Å². The van der Waals surface area contributed by atoms with Gasteiger partial charge in [-0.1, -0.05) is 23.2 Å². The summed E-state index contributed by atoms with van der Waals surface area (Å²) in [5.74, 6) is 0.783. The molecule has 0 aliphatic heterocycles. The van der Waals surface area contributed by atoms with Crippen molar-refractivity contribution in [2.45, 2.75) is 19.1 Å². The van der Waals surface area contributed by atoms with Gasteiger partial charge in [0.15, 0.2) is 0 Å². The Morgan fingerprint density at radius 2 is 1.89 bits per heavy atom. The highest BCUT2D eigenvalue weighted by Crippen LogP contribution is 2.20. The van der Waals surface area contributed by atoms with Gasteiger partial charge in [0.25, 0.3) is 0 Å². The largest absolute Gasteiger partial charge is 0.394 e. The van der Waals surface area contributed by atoms with E-state index in [4.69, 9.17) is 28.3 Å². The normalized spacial score (nSPS) is 12.6. The van der Waals surface area contributed by atoms with Gasteiger partial charge >= 0.3 is 0 Å². The highest BCUT2D eigenvalue weighted by Gasteiger charge is 2.09. The minimum absolute atomic E-state index is 0.277. The fourth-order valence-corrected chi connectivity index (χ4v) is 2.43. The summed E-state index contributed by atoms with van der Waals surface area (Å²) in [5, 5.41) is 19.5. The first-order valence-corrected chi connectivity index (χ1v) is 6.58. The molecule has 0 bridgehead atoms. The maximum atomic E-state index is 9.47. The molecule has 0 saturated heterocycles. The van der Waals surface area contributed by atoms with Crippen LogP contribution < -0.4 is 0 Å². The maximum Gasteiger partial charge on any atom is 0.113 e. The molecule has 0 aliphatic carbocycles. The number of hydrogen-bond donors (Lipinski definition) is 2. The van der Waals surface area contributed by atoms with Crippen LogP contribution in [-0.2, 0) is 13.0 Å². The monoisotopic (exact) mass is 300 g/mol. The van der Waals surface area contributed by atoms with Crippen LogP contribution >= 0.6 is 23.2 Å². The van der Waals surface area contributed by atoms with Crippen molar-refractivity contribution in [1.29, 1.82) is 0 Å². The molecule has 1 aromatic carbocycles. The van der Waals surface area contributed by atoms with Gasteiger partial charge in [-0.25, -0.2) is 4.98 Å². The standard InChI is InChI=1S/C13H14Cl2N2O2/c14-10-3-9(4-11(15)6-10)5-13-16-1-2-17(13)7-12(19)8-18/h1-4,6,12,18-19H,5,7-8H2. The van der Waals surface area contributed by atoms with Gasteiger partial charge in [-0.3, -0.25) is 0 Å². The lowest BCUT2D eigenvalue weighted by Crippen LogP contribution is -2.20. The molecule has 0 aliphatic rings. The number of nitrogens with zero attached hydrogens (tertiary/aromatic N) is 2. The van der Waals surface area contributed by atoms with Crippen LogP contribution in [-0.4, -0.2) is 32.5 Å². The number of hydrogen-bond acceptors (Lipinski definition) is 3. The summed E-state index contributed by atoms with van der Waals surface area (Å²) in [4.78, 5) is 4.24. The van der Waals surface area contributed by atoms with E-state index in [0.29, 0.717) is 23.0 Å². The summed E-state index contributed by atoms with van der Waals surface area (Å²) in [7, 11) is 0. The number of imidazole rings is 1. The van der Waals surface area contributed by atoms with Crippen LogP contribution in [0.5, 0.6) is 0 Å². The van der Waals surface area contributed by atoms with Gasteiger partial charge in [-0.05, 0) is 23.8 Å². The zero-order valence-corrected chi connectivity index (χ0v) is 11.6. The Bertz CT molecular complexity index is 537. The van der Waals surface area contributed by atoms with Crippen molar-refractivity contribution in [2.24, 2.45) is 0 Å². The third kappa shape index (κ3) is 3.94. The summed E-state index contributed by atoms with van der Waals surface area (Å²) in [5.41, 5.74) is 0.948. The number of benzene rings is 1. The van der Waals surface area contributed by atoms with E-state index in [1.807, 2.05) is 12.1 Å². The number of halogens is 2. The van der Waals surface area contributed by atoms with Crippen molar-refractivity contribution in [3.05, 3.63) is 52.0 Å². The predicted molar refractivity (Wildman–Crippen MR) is 74.6 cm³/mol. The minimum Gasteiger partial charge on any atom is -0.394 e. The summed E-state index contributed by atoms with van der Waals surface area (Å²) in [6.45, 7) is 0.0285. The molecule has 2 rings (SSSR count). The minimum atomic E-state index is -0.795. The Kier molecular flexibility index (Phi) is 4.82. The number of aliphatic hydroxyl groups is 2. The number of aromatic nitrogens is 2. The smallest absolute Gasteiger partial charge is 0.113 e. The third-order valence-corrected chi connectivity index (χ3v) is 3.14. The highest BCUT2D eigenvalue weighted by atomic mass is 35.5. The zero-order valence-electron chi connectivity index (χ0n) is 10.1. The van der Waals surface area contributed by atoms with E-state index >= 15 is 0 Å². The molecule has 102 valence electrons. The van der Waals surface area contributed by atoms with Crippen LogP contribution in [0.4, 0.5) is 0 Å². The number of rotatable bonds is 5. The highest BCUT2D eigenvalue weighted by molar-refractivity contribution is 6.34. The summed E-state index contributed by atoms with van der Waals surface area (Å²) < 4.78 is 1.80. The van der Waals surface area contributed by atoms with E-state index in [1.54, 1.807) is 23.0 Å². The molecule has 0 spiro atoms. The van der Waals surface area contributed by atoms with Crippen molar-refractivity contribution >= 4 is 23.2 Å². The Morgan fingerprint density at radius 3 is 2.53 bits per heavy atom. The quantitative estimate of drug-likeness (QED) is 0.889. The average Bonchev–Trinajstić information content (AvgIpc) is 2.75.